The summed E-state index contributed by atoms with van der Waals surface area (Å²) in [6, 6.07) is 3.97. The van der Waals surface area contributed by atoms with E-state index in [0.29, 0.717) is 12.5 Å². The average molecular weight is 377 g/mol. The number of aromatic nitrogens is 4. The molecule has 96 valence electrons. The van der Waals surface area contributed by atoms with E-state index in [1.165, 1.54) is 0 Å². The van der Waals surface area contributed by atoms with Gasteiger partial charge in [-0.1, -0.05) is 5.10 Å². The maximum Gasteiger partial charge on any atom is 0.242 e. The Kier molecular flexibility index (Phi) is 4.18. The first-order valence-corrected chi connectivity index (χ1v) is 6.68. The van der Waals surface area contributed by atoms with Crippen LogP contribution in [0.2, 0.25) is 0 Å². The molecule has 1 aromatic heterocycles. The summed E-state index contributed by atoms with van der Waals surface area (Å²) in [7, 11) is 3.41. The topological polar surface area (TPSA) is 64.9 Å². The van der Waals surface area contributed by atoms with E-state index in [2.05, 4.69) is 52.7 Å². The van der Waals surface area contributed by atoms with E-state index in [9.17, 15) is 0 Å². The molecule has 0 amide bonds. The molecule has 0 atom stereocenters. The number of hydrogen-bond acceptors (Lipinski definition) is 5. The Bertz CT molecular complexity index is 534. The molecule has 0 aliphatic carbocycles. The third-order valence-electron chi connectivity index (χ3n) is 2.33. The van der Waals surface area contributed by atoms with Gasteiger partial charge in [-0.2, -0.15) is 0 Å². The Morgan fingerprint density at radius 2 is 2.00 bits per heavy atom. The molecule has 1 aromatic carbocycles. The van der Waals surface area contributed by atoms with Crippen LogP contribution in [0.5, 0.6) is 5.75 Å². The number of anilines is 1. The van der Waals surface area contributed by atoms with Crippen molar-refractivity contribution in [3.63, 3.8) is 0 Å². The number of nitrogens with zero attached hydrogens (tertiary/aromatic N) is 4. The molecule has 0 aliphatic rings. The number of tetrazole rings is 1. The van der Waals surface area contributed by atoms with E-state index in [1.54, 1.807) is 18.8 Å². The monoisotopic (exact) mass is 375 g/mol. The third kappa shape index (κ3) is 2.81. The van der Waals surface area contributed by atoms with Crippen molar-refractivity contribution in [2.24, 2.45) is 7.05 Å². The molecule has 0 radical (unpaired) electrons. The molecule has 2 rings (SSSR count). The van der Waals surface area contributed by atoms with Crippen molar-refractivity contribution in [3.8, 4) is 5.75 Å². The van der Waals surface area contributed by atoms with Crippen LogP contribution in [0.4, 0.5) is 5.95 Å². The van der Waals surface area contributed by atoms with Gasteiger partial charge in [-0.25, -0.2) is 4.68 Å². The molecular weight excluding hydrogens is 366 g/mol. The van der Waals surface area contributed by atoms with Gasteiger partial charge in [0.05, 0.1) is 16.1 Å². The molecule has 0 fully saturated rings. The first-order chi connectivity index (χ1) is 8.61. The fourth-order valence-corrected chi connectivity index (χ4v) is 3.07. The first kappa shape index (κ1) is 13.3. The van der Waals surface area contributed by atoms with Gasteiger partial charge < -0.3 is 10.1 Å². The Hall–Kier alpha value is -1.15. The van der Waals surface area contributed by atoms with E-state index in [4.69, 9.17) is 4.74 Å². The smallest absolute Gasteiger partial charge is 0.242 e. The predicted molar refractivity (Wildman–Crippen MR) is 74.5 cm³/mol. The number of hydrogen-bond donors (Lipinski definition) is 1. The standard InChI is InChI=1S/C10H11Br2N5O/c1-17-10(14-15-16-17)13-5-6-3-7(11)9(18-2)8(12)4-6/h3-4H,5H2,1-2H3,(H,13,14,16). The number of halogens is 2. The van der Waals surface area contributed by atoms with Gasteiger partial charge in [0.2, 0.25) is 5.95 Å². The second-order valence-electron chi connectivity index (χ2n) is 3.57. The highest BCUT2D eigenvalue weighted by molar-refractivity contribution is 9.11. The largest absolute Gasteiger partial charge is 0.494 e. The van der Waals surface area contributed by atoms with Gasteiger partial charge in [-0.05, 0) is 60.0 Å². The van der Waals surface area contributed by atoms with Crippen molar-refractivity contribution in [1.29, 1.82) is 0 Å². The minimum absolute atomic E-state index is 0.620. The van der Waals surface area contributed by atoms with Crippen LogP contribution >= 0.6 is 31.9 Å². The van der Waals surface area contributed by atoms with Crippen LogP contribution in [0.15, 0.2) is 21.1 Å². The Morgan fingerprint density at radius 1 is 1.33 bits per heavy atom. The van der Waals surface area contributed by atoms with Crippen LogP contribution in [0, 0.1) is 0 Å². The van der Waals surface area contributed by atoms with Crippen molar-refractivity contribution >= 4 is 37.8 Å². The summed E-state index contributed by atoms with van der Waals surface area (Å²) in [6.45, 7) is 0.620. The van der Waals surface area contributed by atoms with Gasteiger partial charge in [0.1, 0.15) is 5.75 Å². The molecule has 0 saturated heterocycles. The fourth-order valence-electron chi connectivity index (χ4n) is 1.47. The summed E-state index contributed by atoms with van der Waals surface area (Å²) in [4.78, 5) is 0. The first-order valence-electron chi connectivity index (χ1n) is 5.10. The lowest BCUT2D eigenvalue weighted by Gasteiger charge is -2.10. The molecule has 8 heteroatoms. The molecule has 2 aromatic rings. The fraction of sp³-hybridized carbons (Fsp3) is 0.300. The maximum atomic E-state index is 5.25. The van der Waals surface area contributed by atoms with Crippen LogP contribution in [0.25, 0.3) is 0 Å². The van der Waals surface area contributed by atoms with Crippen molar-refractivity contribution in [3.05, 3.63) is 26.6 Å². The summed E-state index contributed by atoms with van der Waals surface area (Å²) in [5.74, 6) is 1.40. The number of ether oxygens (including phenoxy) is 1. The molecule has 18 heavy (non-hydrogen) atoms. The summed E-state index contributed by atoms with van der Waals surface area (Å²) in [5.41, 5.74) is 1.08. The molecule has 6 nitrogen and oxygen atoms in total. The molecular formula is C10H11Br2N5O. The molecule has 0 aliphatic heterocycles. The normalized spacial score (nSPS) is 10.4. The third-order valence-corrected chi connectivity index (χ3v) is 3.51. The SMILES string of the molecule is COc1c(Br)cc(CNc2nnnn2C)cc1Br. The van der Waals surface area contributed by atoms with Crippen molar-refractivity contribution < 1.29 is 4.74 Å². The van der Waals surface area contributed by atoms with Crippen LogP contribution in [0.3, 0.4) is 0 Å². The van der Waals surface area contributed by atoms with Crippen molar-refractivity contribution in [1.82, 2.24) is 20.2 Å². The van der Waals surface area contributed by atoms with Crippen LogP contribution in [-0.2, 0) is 13.6 Å². The lowest BCUT2D eigenvalue weighted by atomic mass is 10.2. The van der Waals surface area contributed by atoms with Gasteiger partial charge in [-0.3, -0.25) is 0 Å². The van der Waals surface area contributed by atoms with Crippen LogP contribution in [-0.4, -0.2) is 27.3 Å². The number of methoxy groups -OCH3 is 1. The zero-order valence-corrected chi connectivity index (χ0v) is 13.0. The summed E-state index contributed by atoms with van der Waals surface area (Å²) >= 11 is 6.93. The summed E-state index contributed by atoms with van der Waals surface area (Å²) in [5, 5.41) is 14.3. The highest BCUT2D eigenvalue weighted by atomic mass is 79.9. The Morgan fingerprint density at radius 3 is 2.50 bits per heavy atom. The molecule has 0 unspecified atom stereocenters. The van der Waals surface area contributed by atoms with E-state index >= 15 is 0 Å². The van der Waals surface area contributed by atoms with Crippen LogP contribution < -0.4 is 10.1 Å². The van der Waals surface area contributed by atoms with Gasteiger partial charge in [-0.15, -0.1) is 0 Å². The van der Waals surface area contributed by atoms with E-state index in [0.717, 1.165) is 20.3 Å². The lowest BCUT2D eigenvalue weighted by molar-refractivity contribution is 0.409. The number of benzene rings is 1. The van der Waals surface area contributed by atoms with Crippen molar-refractivity contribution in [2.75, 3.05) is 12.4 Å². The second-order valence-corrected chi connectivity index (χ2v) is 5.28. The quantitative estimate of drug-likeness (QED) is 0.887. The minimum atomic E-state index is 0.620. The van der Waals surface area contributed by atoms with E-state index in [1.807, 2.05) is 12.1 Å². The minimum Gasteiger partial charge on any atom is -0.494 e. The molecule has 1 N–H and O–H groups in total. The zero-order chi connectivity index (χ0) is 13.1. The molecule has 0 bridgehead atoms. The zero-order valence-electron chi connectivity index (χ0n) is 9.81. The lowest BCUT2D eigenvalue weighted by Crippen LogP contribution is -2.06. The number of aryl methyl sites for hydroxylation is 1. The summed E-state index contributed by atoms with van der Waals surface area (Å²) in [6.07, 6.45) is 0. The summed E-state index contributed by atoms with van der Waals surface area (Å²) < 4.78 is 8.62. The van der Waals surface area contributed by atoms with Gasteiger partial charge in [0.15, 0.2) is 0 Å². The maximum absolute atomic E-state index is 5.25. The molecule has 0 spiro atoms. The predicted octanol–water partition coefficient (Wildman–Crippen LogP) is 2.36. The van der Waals surface area contributed by atoms with E-state index < -0.39 is 0 Å². The Labute approximate surface area is 121 Å². The Balaban J connectivity index is 2.13. The highest BCUT2D eigenvalue weighted by Gasteiger charge is 2.08. The number of nitrogens with one attached hydrogen (secondary N) is 1. The van der Waals surface area contributed by atoms with Crippen molar-refractivity contribution in [2.45, 2.75) is 6.54 Å². The highest BCUT2D eigenvalue weighted by Crippen LogP contribution is 2.34. The van der Waals surface area contributed by atoms with Gasteiger partial charge in [0, 0.05) is 13.6 Å². The number of rotatable bonds is 4. The molecule has 1 heterocycles. The second kappa shape index (κ2) is 5.66. The van der Waals surface area contributed by atoms with Gasteiger partial charge >= 0.3 is 0 Å². The van der Waals surface area contributed by atoms with E-state index in [-0.39, 0.29) is 0 Å². The molecule has 0 saturated carbocycles. The average Bonchev–Trinajstić information content (AvgIpc) is 2.72. The van der Waals surface area contributed by atoms with Crippen LogP contribution in [0.1, 0.15) is 5.56 Å². The van der Waals surface area contributed by atoms with Gasteiger partial charge in [0.25, 0.3) is 0 Å².